The van der Waals surface area contributed by atoms with Gasteiger partial charge in [-0.3, -0.25) is 9.59 Å². The molecule has 0 spiro atoms. The molecule has 0 saturated heterocycles. The van der Waals surface area contributed by atoms with Crippen molar-refractivity contribution in [2.45, 2.75) is 12.3 Å². The predicted octanol–water partition coefficient (Wildman–Crippen LogP) is 3.98. The van der Waals surface area contributed by atoms with E-state index in [0.717, 1.165) is 11.1 Å². The highest BCUT2D eigenvalue weighted by molar-refractivity contribution is 6.39. The van der Waals surface area contributed by atoms with Crippen LogP contribution in [0.15, 0.2) is 78.9 Å². The highest BCUT2D eigenvalue weighted by atomic mass is 16.5. The molecule has 0 radical (unpaired) electrons. The number of nitrogens with one attached hydrogen (secondary N) is 2. The van der Waals surface area contributed by atoms with E-state index >= 15 is 0 Å². The molecule has 160 valence electrons. The smallest absolute Gasteiger partial charge is 0.313 e. The predicted molar refractivity (Wildman–Crippen MR) is 121 cm³/mol. The van der Waals surface area contributed by atoms with Crippen LogP contribution in [0.25, 0.3) is 0 Å². The summed E-state index contributed by atoms with van der Waals surface area (Å²) in [7, 11) is 3.02. The molecular weight excluding hydrogens is 392 g/mol. The maximum Gasteiger partial charge on any atom is 0.313 e. The molecule has 0 atom stereocenters. The van der Waals surface area contributed by atoms with Gasteiger partial charge >= 0.3 is 11.8 Å². The van der Waals surface area contributed by atoms with E-state index in [1.165, 1.54) is 7.11 Å². The Hall–Kier alpha value is -3.80. The average Bonchev–Trinajstić information content (AvgIpc) is 2.83. The Morgan fingerprint density at radius 1 is 0.806 bits per heavy atom. The summed E-state index contributed by atoms with van der Waals surface area (Å²) in [4.78, 5) is 24.7. The Morgan fingerprint density at radius 2 is 1.42 bits per heavy atom. The molecule has 2 N–H and O–H groups in total. The molecule has 31 heavy (non-hydrogen) atoms. The van der Waals surface area contributed by atoms with E-state index in [9.17, 15) is 9.59 Å². The number of methoxy groups -OCH3 is 2. The number of carbonyl (C=O) groups is 2. The van der Waals surface area contributed by atoms with E-state index in [1.54, 1.807) is 25.3 Å². The van der Waals surface area contributed by atoms with Crippen LogP contribution in [0.4, 0.5) is 5.69 Å². The van der Waals surface area contributed by atoms with Crippen LogP contribution in [0.1, 0.15) is 23.5 Å². The first kappa shape index (κ1) is 21.9. The molecule has 0 bridgehead atoms. The van der Waals surface area contributed by atoms with Gasteiger partial charge in [-0.1, -0.05) is 60.7 Å². The molecule has 2 amide bonds. The van der Waals surface area contributed by atoms with Gasteiger partial charge in [0.2, 0.25) is 0 Å². The number of hydrogen-bond acceptors (Lipinski definition) is 4. The maximum absolute atomic E-state index is 12.3. The van der Waals surface area contributed by atoms with Crippen molar-refractivity contribution in [3.05, 3.63) is 90.0 Å². The molecule has 3 rings (SSSR count). The minimum atomic E-state index is -0.751. The molecule has 3 aromatic rings. The third kappa shape index (κ3) is 5.85. The standard InChI is InChI=1S/C25H26N2O4/c1-30-20-13-14-22(23(17-20)31-2)27-25(29)24(28)26-16-15-21(18-9-5-3-6-10-18)19-11-7-4-8-12-19/h3-14,17,21H,15-16H2,1-2H3,(H,26,28)(H,27,29). The monoisotopic (exact) mass is 418 g/mol. The SMILES string of the molecule is COc1ccc(NC(=O)C(=O)NCCC(c2ccccc2)c2ccccc2)c(OC)c1. The van der Waals surface area contributed by atoms with E-state index in [0.29, 0.717) is 30.2 Å². The minimum Gasteiger partial charge on any atom is -0.497 e. The van der Waals surface area contributed by atoms with Gasteiger partial charge in [-0.15, -0.1) is 0 Å². The van der Waals surface area contributed by atoms with Crippen LogP contribution in [-0.4, -0.2) is 32.6 Å². The Kier molecular flexibility index (Phi) is 7.65. The molecule has 3 aromatic carbocycles. The first-order valence-electron chi connectivity index (χ1n) is 10.0. The summed E-state index contributed by atoms with van der Waals surface area (Å²) in [6.07, 6.45) is 0.666. The molecule has 0 saturated carbocycles. The van der Waals surface area contributed by atoms with Crippen LogP contribution in [0.2, 0.25) is 0 Å². The second-order valence-corrected chi connectivity index (χ2v) is 6.94. The van der Waals surface area contributed by atoms with Gasteiger partial charge in [-0.2, -0.15) is 0 Å². The summed E-state index contributed by atoms with van der Waals surface area (Å²) in [6.45, 7) is 0.362. The number of amides is 2. The van der Waals surface area contributed by atoms with Gasteiger partial charge in [0, 0.05) is 18.5 Å². The molecule has 0 aliphatic heterocycles. The Labute approximate surface area is 182 Å². The van der Waals surface area contributed by atoms with Gasteiger partial charge < -0.3 is 20.1 Å². The quantitative estimate of drug-likeness (QED) is 0.543. The van der Waals surface area contributed by atoms with Crippen molar-refractivity contribution in [2.24, 2.45) is 0 Å². The lowest BCUT2D eigenvalue weighted by atomic mass is 9.88. The Morgan fingerprint density at radius 3 is 1.97 bits per heavy atom. The number of anilines is 1. The highest BCUT2D eigenvalue weighted by Gasteiger charge is 2.18. The molecule has 0 heterocycles. The van der Waals surface area contributed by atoms with Crippen molar-refractivity contribution in [3.63, 3.8) is 0 Å². The molecule has 0 unspecified atom stereocenters. The van der Waals surface area contributed by atoms with Crippen LogP contribution >= 0.6 is 0 Å². The Balaban J connectivity index is 1.61. The fourth-order valence-electron chi connectivity index (χ4n) is 3.39. The van der Waals surface area contributed by atoms with E-state index in [-0.39, 0.29) is 5.92 Å². The lowest BCUT2D eigenvalue weighted by Gasteiger charge is -2.18. The summed E-state index contributed by atoms with van der Waals surface area (Å²) in [6, 6.07) is 25.2. The summed E-state index contributed by atoms with van der Waals surface area (Å²) in [5.74, 6) is -0.328. The first-order valence-corrected chi connectivity index (χ1v) is 10.0. The Bertz CT molecular complexity index is 967. The second kappa shape index (κ2) is 10.8. The second-order valence-electron chi connectivity index (χ2n) is 6.94. The topological polar surface area (TPSA) is 76.7 Å². The van der Waals surface area contributed by atoms with Crippen LogP contribution in [0.3, 0.4) is 0 Å². The molecule has 0 aromatic heterocycles. The van der Waals surface area contributed by atoms with Gasteiger partial charge in [0.15, 0.2) is 0 Å². The van der Waals surface area contributed by atoms with Crippen LogP contribution < -0.4 is 20.1 Å². The largest absolute Gasteiger partial charge is 0.497 e. The van der Waals surface area contributed by atoms with Gasteiger partial charge in [0.05, 0.1) is 19.9 Å². The van der Waals surface area contributed by atoms with Crippen LogP contribution in [0, 0.1) is 0 Å². The summed E-state index contributed by atoms with van der Waals surface area (Å²) in [5, 5.41) is 5.30. The molecule has 0 aliphatic rings. The maximum atomic E-state index is 12.3. The van der Waals surface area contributed by atoms with E-state index in [2.05, 4.69) is 34.9 Å². The third-order valence-corrected chi connectivity index (χ3v) is 4.99. The zero-order valence-corrected chi connectivity index (χ0v) is 17.6. The highest BCUT2D eigenvalue weighted by Crippen LogP contribution is 2.29. The van der Waals surface area contributed by atoms with Crippen molar-refractivity contribution in [1.29, 1.82) is 0 Å². The fourth-order valence-corrected chi connectivity index (χ4v) is 3.39. The summed E-state index contributed by atoms with van der Waals surface area (Å²) in [5.41, 5.74) is 2.72. The van der Waals surface area contributed by atoms with Crippen molar-refractivity contribution in [1.82, 2.24) is 5.32 Å². The molecule has 0 aliphatic carbocycles. The first-order chi connectivity index (χ1) is 15.1. The molecule has 6 nitrogen and oxygen atoms in total. The van der Waals surface area contributed by atoms with Gasteiger partial charge in [-0.25, -0.2) is 0 Å². The zero-order chi connectivity index (χ0) is 22.1. The number of ether oxygens (including phenoxy) is 2. The van der Waals surface area contributed by atoms with E-state index in [1.807, 2.05) is 36.4 Å². The van der Waals surface area contributed by atoms with Crippen LogP contribution in [-0.2, 0) is 9.59 Å². The molecule has 6 heteroatoms. The number of carbonyl (C=O) groups excluding carboxylic acids is 2. The van der Waals surface area contributed by atoms with Gasteiger partial charge in [0.25, 0.3) is 0 Å². The number of hydrogen-bond donors (Lipinski definition) is 2. The fraction of sp³-hybridized carbons (Fsp3) is 0.200. The normalized spacial score (nSPS) is 10.4. The lowest BCUT2D eigenvalue weighted by Crippen LogP contribution is -2.36. The molecular formula is C25H26N2O4. The van der Waals surface area contributed by atoms with Crippen molar-refractivity contribution in [3.8, 4) is 11.5 Å². The van der Waals surface area contributed by atoms with Gasteiger partial charge in [-0.05, 0) is 29.7 Å². The lowest BCUT2D eigenvalue weighted by molar-refractivity contribution is -0.136. The summed E-state index contributed by atoms with van der Waals surface area (Å²) >= 11 is 0. The summed E-state index contributed by atoms with van der Waals surface area (Å²) < 4.78 is 10.4. The van der Waals surface area contributed by atoms with E-state index in [4.69, 9.17) is 9.47 Å². The number of rotatable bonds is 8. The van der Waals surface area contributed by atoms with Crippen LogP contribution in [0.5, 0.6) is 11.5 Å². The minimum absolute atomic E-state index is 0.118. The zero-order valence-electron chi connectivity index (χ0n) is 17.6. The molecule has 0 fully saturated rings. The average molecular weight is 418 g/mol. The third-order valence-electron chi connectivity index (χ3n) is 4.99. The number of benzene rings is 3. The van der Waals surface area contributed by atoms with Crippen molar-refractivity contribution in [2.75, 3.05) is 26.1 Å². The van der Waals surface area contributed by atoms with Crippen molar-refractivity contribution >= 4 is 17.5 Å². The van der Waals surface area contributed by atoms with E-state index < -0.39 is 11.8 Å². The van der Waals surface area contributed by atoms with Gasteiger partial charge in [0.1, 0.15) is 11.5 Å². The van der Waals surface area contributed by atoms with Crippen molar-refractivity contribution < 1.29 is 19.1 Å².